The number of fused-ring (bicyclic) bond motifs is 7. The maximum Gasteiger partial charge on any atom is 0.122 e. The fraction of sp³-hybridized carbons (Fsp3) is 0.467. The zero-order valence-corrected chi connectivity index (χ0v) is 48.2. The molecule has 8 aromatic carbocycles. The molecule has 0 atom stereocenters. The molecule has 0 N–H and O–H groups in total. The molecule has 0 spiro atoms. The minimum Gasteiger partial charge on any atom is -0.493 e. The first-order valence-corrected chi connectivity index (χ1v) is 31.3. The van der Waals surface area contributed by atoms with E-state index in [0.717, 1.165) is 50.4 Å². The van der Waals surface area contributed by atoms with Crippen LogP contribution in [0.5, 0.6) is 11.5 Å². The van der Waals surface area contributed by atoms with Gasteiger partial charge >= 0.3 is 0 Å². The van der Waals surface area contributed by atoms with Gasteiger partial charge in [-0.3, -0.25) is 0 Å². The van der Waals surface area contributed by atoms with Gasteiger partial charge in [-0.05, 0) is 189 Å². The second-order valence-corrected chi connectivity index (χ2v) is 23.6. The van der Waals surface area contributed by atoms with Crippen LogP contribution in [-0.4, -0.2) is 13.2 Å². The first-order valence-electron chi connectivity index (χ1n) is 31.3. The standard InChI is InChI=1S/C75H94O2/c1-5-7-9-11-19-29-43-75(44-30-20-12-10-8-6-2)71-47-57(3)73(76-45-31-21-15-13-17-23-33-59-39-41-65-51-61-35-25-27-37-63(61)53-67(65)49-59)55-69(71)70-56-74(58(4)48-72(70)75)77-46-32-22-16-14-18-24-34-60-40-42-66-52-62-36-26-28-38-64(62)54-68(66)50-60/h25-28,35-42,47-56H,5-24,29-34,43-46H2,1-4H3. The van der Waals surface area contributed by atoms with Gasteiger partial charge in [-0.2, -0.15) is 0 Å². The molecule has 0 aromatic heterocycles. The lowest BCUT2D eigenvalue weighted by atomic mass is 9.70. The van der Waals surface area contributed by atoms with Crippen molar-refractivity contribution >= 4 is 43.1 Å². The van der Waals surface area contributed by atoms with Gasteiger partial charge in [0.2, 0.25) is 0 Å². The summed E-state index contributed by atoms with van der Waals surface area (Å²) in [7, 11) is 0. The lowest BCUT2D eigenvalue weighted by Gasteiger charge is -2.33. The van der Waals surface area contributed by atoms with Gasteiger partial charge < -0.3 is 9.47 Å². The molecule has 0 saturated carbocycles. The lowest BCUT2D eigenvalue weighted by Crippen LogP contribution is -2.26. The summed E-state index contributed by atoms with van der Waals surface area (Å²) >= 11 is 0. The molecule has 1 aliphatic rings. The number of unbranched alkanes of at least 4 members (excludes halogenated alkanes) is 20. The third kappa shape index (κ3) is 15.0. The van der Waals surface area contributed by atoms with Crippen LogP contribution in [0.15, 0.2) is 133 Å². The molecule has 0 fully saturated rings. The molecule has 77 heavy (non-hydrogen) atoms. The van der Waals surface area contributed by atoms with Crippen LogP contribution in [0.2, 0.25) is 0 Å². The van der Waals surface area contributed by atoms with E-state index in [9.17, 15) is 0 Å². The fourth-order valence-corrected chi connectivity index (χ4v) is 13.1. The first kappa shape index (κ1) is 56.1. The molecule has 406 valence electrons. The van der Waals surface area contributed by atoms with E-state index >= 15 is 0 Å². The summed E-state index contributed by atoms with van der Waals surface area (Å²) < 4.78 is 13.5. The monoisotopic (exact) mass is 1030 g/mol. The van der Waals surface area contributed by atoms with Gasteiger partial charge in [-0.1, -0.05) is 239 Å². The minimum absolute atomic E-state index is 0.0408. The third-order valence-electron chi connectivity index (χ3n) is 17.6. The molecule has 0 amide bonds. The van der Waals surface area contributed by atoms with E-state index < -0.39 is 0 Å². The Morgan fingerprint density at radius 1 is 0.312 bits per heavy atom. The summed E-state index contributed by atoms with van der Waals surface area (Å²) in [4.78, 5) is 0. The number of rotatable bonds is 34. The maximum atomic E-state index is 6.77. The molecular formula is C75H94O2. The molecule has 0 unspecified atom stereocenters. The molecule has 1 aliphatic carbocycles. The highest BCUT2D eigenvalue weighted by Gasteiger charge is 2.43. The predicted octanol–water partition coefficient (Wildman–Crippen LogP) is 22.6. The number of hydrogen-bond acceptors (Lipinski definition) is 2. The molecule has 9 rings (SSSR count). The first-order chi connectivity index (χ1) is 37.9. The van der Waals surface area contributed by atoms with Crippen LogP contribution in [0.1, 0.15) is 214 Å². The average Bonchev–Trinajstić information content (AvgIpc) is 3.96. The fourth-order valence-electron chi connectivity index (χ4n) is 13.1. The van der Waals surface area contributed by atoms with Gasteiger partial charge in [-0.15, -0.1) is 0 Å². The molecule has 0 saturated heterocycles. The van der Waals surface area contributed by atoms with Crippen molar-refractivity contribution in [3.63, 3.8) is 0 Å². The van der Waals surface area contributed by atoms with Crippen molar-refractivity contribution in [3.05, 3.63) is 167 Å². The van der Waals surface area contributed by atoms with E-state index in [1.807, 2.05) is 0 Å². The highest BCUT2D eigenvalue weighted by molar-refractivity contribution is 5.99. The van der Waals surface area contributed by atoms with Crippen molar-refractivity contribution in [1.82, 2.24) is 0 Å². The summed E-state index contributed by atoms with van der Waals surface area (Å²) in [5.74, 6) is 2.14. The Morgan fingerprint density at radius 3 is 1.05 bits per heavy atom. The molecule has 2 nitrogen and oxygen atoms in total. The van der Waals surface area contributed by atoms with Crippen LogP contribution in [-0.2, 0) is 18.3 Å². The van der Waals surface area contributed by atoms with E-state index in [1.165, 1.54) is 231 Å². The number of benzene rings is 8. The SMILES string of the molecule is CCCCCCCCC1(CCCCCCCC)c2cc(C)c(OCCCCCCCCc3ccc4cc5ccccc5cc4c3)cc2-c2cc(OCCCCCCCCc3ccc4cc5ccccc5cc4c3)c(C)cc21. The van der Waals surface area contributed by atoms with Gasteiger partial charge in [0, 0.05) is 5.41 Å². The van der Waals surface area contributed by atoms with Crippen molar-refractivity contribution in [2.24, 2.45) is 0 Å². The van der Waals surface area contributed by atoms with Crippen molar-refractivity contribution in [1.29, 1.82) is 0 Å². The van der Waals surface area contributed by atoms with Gasteiger partial charge in [0.05, 0.1) is 13.2 Å². The number of aryl methyl sites for hydroxylation is 4. The van der Waals surface area contributed by atoms with Crippen LogP contribution in [0.25, 0.3) is 54.2 Å². The Hall–Kier alpha value is -5.60. The minimum atomic E-state index is 0.0408. The summed E-state index contributed by atoms with van der Waals surface area (Å²) in [5, 5.41) is 10.7. The smallest absolute Gasteiger partial charge is 0.122 e. The Bertz CT molecular complexity index is 2910. The topological polar surface area (TPSA) is 18.5 Å². The quantitative estimate of drug-likeness (QED) is 0.0296. The highest BCUT2D eigenvalue weighted by Crippen LogP contribution is 2.57. The zero-order chi connectivity index (χ0) is 53.1. The normalized spacial score (nSPS) is 12.8. The van der Waals surface area contributed by atoms with Crippen LogP contribution in [0.3, 0.4) is 0 Å². The van der Waals surface area contributed by atoms with Crippen LogP contribution in [0, 0.1) is 13.8 Å². The van der Waals surface area contributed by atoms with Gasteiger partial charge in [0.15, 0.2) is 0 Å². The number of ether oxygens (including phenoxy) is 2. The molecule has 0 radical (unpaired) electrons. The van der Waals surface area contributed by atoms with E-state index in [4.69, 9.17) is 9.47 Å². The van der Waals surface area contributed by atoms with Gasteiger partial charge in [0.1, 0.15) is 11.5 Å². The summed E-state index contributed by atoms with van der Waals surface area (Å²) in [6.45, 7) is 10.8. The second kappa shape index (κ2) is 28.9. The molecule has 0 aliphatic heterocycles. The zero-order valence-electron chi connectivity index (χ0n) is 48.2. The number of hydrogen-bond donors (Lipinski definition) is 0. The summed E-state index contributed by atoms with van der Waals surface area (Å²) in [6.07, 6.45) is 35.6. The van der Waals surface area contributed by atoms with Crippen molar-refractivity contribution < 1.29 is 9.47 Å². The van der Waals surface area contributed by atoms with Gasteiger partial charge in [0.25, 0.3) is 0 Å². The molecular weight excluding hydrogens is 933 g/mol. The Morgan fingerprint density at radius 2 is 0.649 bits per heavy atom. The lowest BCUT2D eigenvalue weighted by molar-refractivity contribution is 0.302. The molecule has 2 heteroatoms. The van der Waals surface area contributed by atoms with Crippen molar-refractivity contribution in [2.75, 3.05) is 13.2 Å². The van der Waals surface area contributed by atoms with Crippen LogP contribution < -0.4 is 9.47 Å². The van der Waals surface area contributed by atoms with Crippen molar-refractivity contribution in [2.45, 2.75) is 213 Å². The highest BCUT2D eigenvalue weighted by atomic mass is 16.5. The average molecular weight is 1030 g/mol. The summed E-state index contributed by atoms with van der Waals surface area (Å²) in [5.41, 5.74) is 11.5. The van der Waals surface area contributed by atoms with Crippen LogP contribution in [0.4, 0.5) is 0 Å². The van der Waals surface area contributed by atoms with E-state index in [2.05, 4.69) is 161 Å². The molecule has 8 aromatic rings. The van der Waals surface area contributed by atoms with Crippen molar-refractivity contribution in [3.8, 4) is 22.6 Å². The maximum absolute atomic E-state index is 6.77. The second-order valence-electron chi connectivity index (χ2n) is 23.6. The van der Waals surface area contributed by atoms with Gasteiger partial charge in [-0.25, -0.2) is 0 Å². The largest absolute Gasteiger partial charge is 0.493 e. The predicted molar refractivity (Wildman–Crippen MR) is 335 cm³/mol. The molecule has 0 heterocycles. The third-order valence-corrected chi connectivity index (χ3v) is 17.6. The summed E-state index contributed by atoms with van der Waals surface area (Å²) in [6, 6.07) is 51.0. The Labute approximate surface area is 465 Å². The van der Waals surface area contributed by atoms with E-state index in [-0.39, 0.29) is 5.41 Å². The molecule has 0 bridgehead atoms. The Kier molecular flexibility index (Phi) is 21.0. The van der Waals surface area contributed by atoms with E-state index in [1.54, 1.807) is 11.1 Å². The van der Waals surface area contributed by atoms with E-state index in [0.29, 0.717) is 0 Å². The Balaban J connectivity index is 0.789. The van der Waals surface area contributed by atoms with Crippen LogP contribution >= 0.6 is 0 Å².